The van der Waals surface area contributed by atoms with Crippen molar-refractivity contribution in [3.63, 3.8) is 0 Å². The van der Waals surface area contributed by atoms with Crippen molar-refractivity contribution in [2.45, 2.75) is 46.5 Å². The van der Waals surface area contributed by atoms with Crippen molar-refractivity contribution in [2.24, 2.45) is 0 Å². The minimum atomic E-state index is 0.138. The van der Waals surface area contributed by atoms with Gasteiger partial charge >= 0.3 is 0 Å². The van der Waals surface area contributed by atoms with Crippen LogP contribution in [-0.4, -0.2) is 47.0 Å². The predicted molar refractivity (Wildman–Crippen MR) is 132 cm³/mol. The maximum absolute atomic E-state index is 12.8. The SMILES string of the molecule is CC[C@@H](C)c1nc(C)c(Cc2cccc(C)c2)c(N2CCN(C(=O)c3cccs3)CC2)n1. The van der Waals surface area contributed by atoms with Crippen LogP contribution >= 0.6 is 11.3 Å². The summed E-state index contributed by atoms with van der Waals surface area (Å²) < 4.78 is 0. The monoisotopic (exact) mass is 448 g/mol. The van der Waals surface area contributed by atoms with Gasteiger partial charge in [0.2, 0.25) is 0 Å². The van der Waals surface area contributed by atoms with Gasteiger partial charge < -0.3 is 9.80 Å². The van der Waals surface area contributed by atoms with E-state index in [1.165, 1.54) is 28.0 Å². The summed E-state index contributed by atoms with van der Waals surface area (Å²) in [4.78, 5) is 27.9. The summed E-state index contributed by atoms with van der Waals surface area (Å²) in [7, 11) is 0. The zero-order valence-electron chi connectivity index (χ0n) is 19.5. The standard InChI is InChI=1S/C26H32N4OS/c1-5-19(3)24-27-20(4)22(17-21-9-6-8-18(2)16-21)25(28-24)29-11-13-30(14-12-29)26(31)23-10-7-15-32-23/h6-10,15-16,19H,5,11-14,17H2,1-4H3/t19-/m1/s1. The molecular weight excluding hydrogens is 416 g/mol. The summed E-state index contributed by atoms with van der Waals surface area (Å²) in [5, 5.41) is 1.96. The summed E-state index contributed by atoms with van der Waals surface area (Å²) in [6, 6.07) is 12.5. The van der Waals surface area contributed by atoms with Gasteiger partial charge in [-0.2, -0.15) is 0 Å². The van der Waals surface area contributed by atoms with E-state index in [2.05, 4.69) is 56.9 Å². The van der Waals surface area contributed by atoms with E-state index in [1.54, 1.807) is 0 Å². The zero-order valence-corrected chi connectivity index (χ0v) is 20.3. The molecule has 1 saturated heterocycles. The molecule has 1 aliphatic rings. The Morgan fingerprint density at radius 1 is 1.09 bits per heavy atom. The number of hydrogen-bond donors (Lipinski definition) is 0. The first kappa shape index (κ1) is 22.5. The van der Waals surface area contributed by atoms with E-state index >= 15 is 0 Å². The van der Waals surface area contributed by atoms with Gasteiger partial charge in [-0.15, -0.1) is 11.3 Å². The molecular formula is C26H32N4OS. The Kier molecular flexibility index (Phi) is 6.89. The Hall–Kier alpha value is -2.73. The Bertz CT molecular complexity index is 1070. The number of aromatic nitrogens is 2. The number of benzene rings is 1. The lowest BCUT2D eigenvalue weighted by Crippen LogP contribution is -2.49. The number of anilines is 1. The number of aryl methyl sites for hydroxylation is 2. The first-order valence-corrected chi connectivity index (χ1v) is 12.3. The molecule has 5 nitrogen and oxygen atoms in total. The maximum atomic E-state index is 12.8. The molecule has 0 aliphatic carbocycles. The molecule has 1 aromatic carbocycles. The van der Waals surface area contributed by atoms with Crippen LogP contribution in [0.1, 0.15) is 64.1 Å². The average Bonchev–Trinajstić information content (AvgIpc) is 3.34. The van der Waals surface area contributed by atoms with Crippen molar-refractivity contribution >= 4 is 23.1 Å². The Morgan fingerprint density at radius 3 is 2.53 bits per heavy atom. The summed E-state index contributed by atoms with van der Waals surface area (Å²) in [5.41, 5.74) is 4.80. The van der Waals surface area contributed by atoms with Crippen LogP contribution in [0.3, 0.4) is 0 Å². The summed E-state index contributed by atoms with van der Waals surface area (Å²) in [5.74, 6) is 2.42. The molecule has 1 atom stereocenters. The van der Waals surface area contributed by atoms with Gasteiger partial charge in [0.15, 0.2) is 0 Å². The molecule has 0 bridgehead atoms. The van der Waals surface area contributed by atoms with Crippen molar-refractivity contribution in [3.8, 4) is 0 Å². The number of carbonyl (C=O) groups is 1. The second-order valence-electron chi connectivity index (χ2n) is 8.70. The number of thiophene rings is 1. The quantitative estimate of drug-likeness (QED) is 0.519. The molecule has 0 N–H and O–H groups in total. The van der Waals surface area contributed by atoms with E-state index in [-0.39, 0.29) is 5.91 Å². The molecule has 1 amide bonds. The van der Waals surface area contributed by atoms with Gasteiger partial charge in [0.1, 0.15) is 11.6 Å². The Labute approximate surface area is 195 Å². The first-order valence-electron chi connectivity index (χ1n) is 11.5. The van der Waals surface area contributed by atoms with Crippen LogP contribution in [0, 0.1) is 13.8 Å². The Morgan fingerprint density at radius 2 is 1.88 bits per heavy atom. The smallest absolute Gasteiger partial charge is 0.264 e. The van der Waals surface area contributed by atoms with E-state index in [9.17, 15) is 4.79 Å². The van der Waals surface area contributed by atoms with Crippen LogP contribution in [0.4, 0.5) is 5.82 Å². The lowest BCUT2D eigenvalue weighted by atomic mass is 10.0. The van der Waals surface area contributed by atoms with E-state index < -0.39 is 0 Å². The first-order chi connectivity index (χ1) is 15.5. The number of carbonyl (C=O) groups excluding carboxylic acids is 1. The molecule has 1 aliphatic heterocycles. The fourth-order valence-electron chi connectivity index (χ4n) is 4.18. The van der Waals surface area contributed by atoms with E-state index in [1.807, 2.05) is 22.4 Å². The Balaban J connectivity index is 1.61. The topological polar surface area (TPSA) is 49.3 Å². The summed E-state index contributed by atoms with van der Waals surface area (Å²) in [6.07, 6.45) is 1.83. The van der Waals surface area contributed by atoms with Gasteiger partial charge in [0.25, 0.3) is 5.91 Å². The van der Waals surface area contributed by atoms with Crippen LogP contribution < -0.4 is 4.90 Å². The molecule has 168 valence electrons. The average molecular weight is 449 g/mol. The van der Waals surface area contributed by atoms with E-state index in [0.29, 0.717) is 19.0 Å². The number of hydrogen-bond acceptors (Lipinski definition) is 5. The summed E-state index contributed by atoms with van der Waals surface area (Å²) in [6.45, 7) is 11.6. The van der Waals surface area contributed by atoms with Crippen molar-refractivity contribution in [1.29, 1.82) is 0 Å². The third-order valence-electron chi connectivity index (χ3n) is 6.32. The van der Waals surface area contributed by atoms with Crippen molar-refractivity contribution < 1.29 is 4.79 Å². The lowest BCUT2D eigenvalue weighted by molar-refractivity contribution is 0.0751. The molecule has 0 spiro atoms. The van der Waals surface area contributed by atoms with Gasteiger partial charge in [-0.05, 0) is 37.3 Å². The molecule has 3 heterocycles. The number of nitrogens with zero attached hydrogens (tertiary/aromatic N) is 4. The van der Waals surface area contributed by atoms with Crippen molar-refractivity contribution in [1.82, 2.24) is 14.9 Å². The van der Waals surface area contributed by atoms with Crippen molar-refractivity contribution in [2.75, 3.05) is 31.1 Å². The van der Waals surface area contributed by atoms with Crippen LogP contribution in [0.2, 0.25) is 0 Å². The van der Waals surface area contributed by atoms with E-state index in [4.69, 9.17) is 9.97 Å². The lowest BCUT2D eigenvalue weighted by Gasteiger charge is -2.36. The minimum absolute atomic E-state index is 0.138. The highest BCUT2D eigenvalue weighted by Gasteiger charge is 2.26. The molecule has 0 saturated carbocycles. The highest BCUT2D eigenvalue weighted by Crippen LogP contribution is 2.28. The highest BCUT2D eigenvalue weighted by atomic mass is 32.1. The second kappa shape index (κ2) is 9.82. The summed E-state index contributed by atoms with van der Waals surface area (Å²) >= 11 is 1.51. The molecule has 6 heteroatoms. The fraction of sp³-hybridized carbons (Fsp3) is 0.423. The van der Waals surface area contributed by atoms with Crippen molar-refractivity contribution in [3.05, 3.63) is 74.9 Å². The van der Waals surface area contributed by atoms with Crippen LogP contribution in [0.25, 0.3) is 0 Å². The third kappa shape index (κ3) is 4.85. The molecule has 1 fully saturated rings. The fourth-order valence-corrected chi connectivity index (χ4v) is 4.87. The molecule has 32 heavy (non-hydrogen) atoms. The number of rotatable bonds is 6. The number of piperazine rings is 1. The molecule has 4 rings (SSSR count). The van der Waals surface area contributed by atoms with Crippen LogP contribution in [0.5, 0.6) is 0 Å². The highest BCUT2D eigenvalue weighted by molar-refractivity contribution is 7.12. The third-order valence-corrected chi connectivity index (χ3v) is 7.18. The molecule has 0 unspecified atom stereocenters. The van der Waals surface area contributed by atoms with Gasteiger partial charge in [-0.25, -0.2) is 9.97 Å². The second-order valence-corrected chi connectivity index (χ2v) is 9.65. The predicted octanol–water partition coefficient (Wildman–Crippen LogP) is 5.22. The zero-order chi connectivity index (χ0) is 22.7. The van der Waals surface area contributed by atoms with Gasteiger partial charge in [-0.1, -0.05) is 49.7 Å². The van der Waals surface area contributed by atoms with E-state index in [0.717, 1.165) is 48.1 Å². The minimum Gasteiger partial charge on any atom is -0.353 e. The number of amides is 1. The molecule has 0 radical (unpaired) electrons. The normalized spacial score (nSPS) is 15.1. The van der Waals surface area contributed by atoms with Gasteiger partial charge in [-0.3, -0.25) is 4.79 Å². The van der Waals surface area contributed by atoms with Gasteiger partial charge in [0.05, 0.1) is 4.88 Å². The van der Waals surface area contributed by atoms with Crippen LogP contribution in [0.15, 0.2) is 41.8 Å². The molecule has 3 aromatic rings. The molecule has 2 aromatic heterocycles. The largest absolute Gasteiger partial charge is 0.353 e. The van der Waals surface area contributed by atoms with Gasteiger partial charge in [0, 0.05) is 49.8 Å². The maximum Gasteiger partial charge on any atom is 0.264 e. The van der Waals surface area contributed by atoms with Crippen LogP contribution in [-0.2, 0) is 6.42 Å².